The van der Waals surface area contributed by atoms with Crippen LogP contribution in [0.5, 0.6) is 0 Å². The van der Waals surface area contributed by atoms with Crippen LogP contribution >= 0.6 is 0 Å². The summed E-state index contributed by atoms with van der Waals surface area (Å²) < 4.78 is 5.87. The lowest BCUT2D eigenvalue weighted by Gasteiger charge is -2.48. The van der Waals surface area contributed by atoms with E-state index >= 15 is 0 Å². The van der Waals surface area contributed by atoms with Gasteiger partial charge in [0.2, 0.25) is 0 Å². The molecule has 0 N–H and O–H groups in total. The lowest BCUT2D eigenvalue weighted by molar-refractivity contribution is -0.00831. The van der Waals surface area contributed by atoms with E-state index in [-0.39, 0.29) is 0 Å². The van der Waals surface area contributed by atoms with Crippen LogP contribution in [0.3, 0.4) is 0 Å². The number of ether oxygens (including phenoxy) is 1. The zero-order valence-electron chi connectivity index (χ0n) is 12.6. The third kappa shape index (κ3) is 3.42. The van der Waals surface area contributed by atoms with Crippen LogP contribution in [0, 0.1) is 5.92 Å². The normalized spacial score (nSPS) is 30.4. The van der Waals surface area contributed by atoms with Crippen molar-refractivity contribution >= 4 is 0 Å². The summed E-state index contributed by atoms with van der Waals surface area (Å²) in [4.78, 5) is 2.74. The first-order valence-corrected chi connectivity index (χ1v) is 8.20. The van der Waals surface area contributed by atoms with Crippen molar-refractivity contribution in [3.63, 3.8) is 0 Å². The molecule has 2 bridgehead atoms. The molecule has 2 nitrogen and oxygen atoms in total. The molecule has 2 fully saturated rings. The van der Waals surface area contributed by atoms with Crippen LogP contribution < -0.4 is 0 Å². The minimum Gasteiger partial charge on any atom is -0.375 e. The number of nitrogens with zero attached hydrogens (tertiary/aromatic N) is 1. The average Bonchev–Trinajstić information content (AvgIpc) is 2.45. The SMILES string of the molecule is CC1CC2CCCC(C1)N2CCOCc1ccccc1. The molecule has 0 aromatic heterocycles. The molecule has 0 aliphatic carbocycles. The summed E-state index contributed by atoms with van der Waals surface area (Å²) in [6, 6.07) is 12.1. The van der Waals surface area contributed by atoms with Gasteiger partial charge in [-0.2, -0.15) is 0 Å². The van der Waals surface area contributed by atoms with E-state index in [4.69, 9.17) is 4.74 Å². The molecule has 2 unspecified atom stereocenters. The number of piperidine rings is 2. The van der Waals surface area contributed by atoms with Crippen molar-refractivity contribution in [2.45, 2.75) is 57.7 Å². The van der Waals surface area contributed by atoms with Crippen LogP contribution in [0.4, 0.5) is 0 Å². The Morgan fingerprint density at radius 1 is 1.10 bits per heavy atom. The predicted octanol–water partition coefficient (Wildman–Crippen LogP) is 3.86. The molecule has 2 atom stereocenters. The van der Waals surface area contributed by atoms with E-state index in [9.17, 15) is 0 Å². The van der Waals surface area contributed by atoms with Gasteiger partial charge in [-0.1, -0.05) is 43.7 Å². The van der Waals surface area contributed by atoms with Crippen LogP contribution in [-0.4, -0.2) is 30.1 Å². The quantitative estimate of drug-likeness (QED) is 0.755. The number of rotatable bonds is 5. The standard InChI is InChI=1S/C18H27NO/c1-15-12-17-8-5-9-18(13-15)19(17)10-11-20-14-16-6-3-2-4-7-16/h2-4,6-7,15,17-18H,5,8-14H2,1H3. The van der Waals surface area contributed by atoms with Gasteiger partial charge < -0.3 is 4.74 Å². The highest BCUT2D eigenvalue weighted by molar-refractivity contribution is 5.13. The molecule has 0 radical (unpaired) electrons. The first-order valence-electron chi connectivity index (χ1n) is 8.20. The van der Waals surface area contributed by atoms with Crippen molar-refractivity contribution in [3.8, 4) is 0 Å². The Morgan fingerprint density at radius 2 is 1.80 bits per heavy atom. The van der Waals surface area contributed by atoms with Gasteiger partial charge in [-0.15, -0.1) is 0 Å². The summed E-state index contributed by atoms with van der Waals surface area (Å²) in [7, 11) is 0. The molecule has 0 saturated carbocycles. The van der Waals surface area contributed by atoms with E-state index in [1.807, 2.05) is 0 Å². The Bertz CT molecular complexity index is 391. The van der Waals surface area contributed by atoms with E-state index in [1.165, 1.54) is 37.7 Å². The van der Waals surface area contributed by atoms with Crippen LogP contribution in [0.1, 0.15) is 44.6 Å². The Morgan fingerprint density at radius 3 is 2.50 bits per heavy atom. The molecule has 1 aromatic rings. The van der Waals surface area contributed by atoms with Crippen LogP contribution in [0.25, 0.3) is 0 Å². The van der Waals surface area contributed by atoms with Gasteiger partial charge in [0.05, 0.1) is 13.2 Å². The molecule has 20 heavy (non-hydrogen) atoms. The van der Waals surface area contributed by atoms with E-state index in [0.717, 1.165) is 37.8 Å². The lowest BCUT2D eigenvalue weighted by atomic mass is 9.79. The molecule has 2 aliphatic rings. The fourth-order valence-electron chi connectivity index (χ4n) is 4.05. The summed E-state index contributed by atoms with van der Waals surface area (Å²) in [5, 5.41) is 0. The number of fused-ring (bicyclic) bond motifs is 2. The average molecular weight is 273 g/mol. The first-order chi connectivity index (χ1) is 9.83. The van der Waals surface area contributed by atoms with Crippen molar-refractivity contribution in [3.05, 3.63) is 35.9 Å². The van der Waals surface area contributed by atoms with Gasteiger partial charge in [0.1, 0.15) is 0 Å². The van der Waals surface area contributed by atoms with E-state index in [0.29, 0.717) is 0 Å². The van der Waals surface area contributed by atoms with Crippen molar-refractivity contribution in [2.24, 2.45) is 5.92 Å². The zero-order chi connectivity index (χ0) is 13.8. The molecule has 1 aromatic carbocycles. The van der Waals surface area contributed by atoms with Gasteiger partial charge in [0.15, 0.2) is 0 Å². The minimum absolute atomic E-state index is 0.750. The van der Waals surface area contributed by atoms with Gasteiger partial charge in [-0.3, -0.25) is 4.90 Å². The molecule has 2 heteroatoms. The smallest absolute Gasteiger partial charge is 0.0717 e. The highest BCUT2D eigenvalue weighted by Gasteiger charge is 2.36. The predicted molar refractivity (Wildman–Crippen MR) is 82.6 cm³/mol. The van der Waals surface area contributed by atoms with Crippen molar-refractivity contribution < 1.29 is 4.74 Å². The van der Waals surface area contributed by atoms with Crippen LogP contribution in [0.2, 0.25) is 0 Å². The third-order valence-electron chi connectivity index (χ3n) is 4.97. The summed E-state index contributed by atoms with van der Waals surface area (Å²) in [6.45, 7) is 5.17. The maximum absolute atomic E-state index is 5.87. The van der Waals surface area contributed by atoms with Crippen LogP contribution in [0.15, 0.2) is 30.3 Å². The summed E-state index contributed by atoms with van der Waals surface area (Å²) >= 11 is 0. The molecule has 2 saturated heterocycles. The van der Waals surface area contributed by atoms with Gasteiger partial charge in [0.25, 0.3) is 0 Å². The Labute approximate surface area is 123 Å². The topological polar surface area (TPSA) is 12.5 Å². The minimum atomic E-state index is 0.750. The molecule has 2 aliphatic heterocycles. The Hall–Kier alpha value is -0.860. The van der Waals surface area contributed by atoms with Crippen molar-refractivity contribution in [2.75, 3.05) is 13.2 Å². The second kappa shape index (κ2) is 6.73. The van der Waals surface area contributed by atoms with Crippen molar-refractivity contribution in [1.82, 2.24) is 4.90 Å². The van der Waals surface area contributed by atoms with E-state index < -0.39 is 0 Å². The molecule has 3 rings (SSSR count). The van der Waals surface area contributed by atoms with Gasteiger partial charge in [0, 0.05) is 18.6 Å². The van der Waals surface area contributed by atoms with E-state index in [1.54, 1.807) is 0 Å². The Kier molecular flexibility index (Phi) is 4.74. The first kappa shape index (κ1) is 14.1. The lowest BCUT2D eigenvalue weighted by Crippen LogP contribution is -2.52. The van der Waals surface area contributed by atoms with Gasteiger partial charge in [-0.05, 0) is 37.2 Å². The molecular weight excluding hydrogens is 246 g/mol. The third-order valence-corrected chi connectivity index (χ3v) is 4.97. The molecule has 2 heterocycles. The number of benzene rings is 1. The fourth-order valence-corrected chi connectivity index (χ4v) is 4.05. The zero-order valence-corrected chi connectivity index (χ0v) is 12.6. The maximum Gasteiger partial charge on any atom is 0.0717 e. The number of hydrogen-bond acceptors (Lipinski definition) is 2. The molecular formula is C18H27NO. The highest BCUT2D eigenvalue weighted by Crippen LogP contribution is 2.36. The van der Waals surface area contributed by atoms with E-state index in [2.05, 4.69) is 42.2 Å². The summed E-state index contributed by atoms with van der Waals surface area (Å²) in [5.41, 5.74) is 1.28. The molecule has 0 spiro atoms. The number of hydrogen-bond donors (Lipinski definition) is 0. The molecule has 0 amide bonds. The molecule has 110 valence electrons. The fraction of sp³-hybridized carbons (Fsp3) is 0.667. The monoisotopic (exact) mass is 273 g/mol. The van der Waals surface area contributed by atoms with Gasteiger partial charge >= 0.3 is 0 Å². The second-order valence-electron chi connectivity index (χ2n) is 6.59. The largest absolute Gasteiger partial charge is 0.375 e. The van der Waals surface area contributed by atoms with Crippen molar-refractivity contribution in [1.29, 1.82) is 0 Å². The summed E-state index contributed by atoms with van der Waals surface area (Å²) in [6.07, 6.45) is 7.03. The summed E-state index contributed by atoms with van der Waals surface area (Å²) in [5.74, 6) is 0.923. The second-order valence-corrected chi connectivity index (χ2v) is 6.59. The maximum atomic E-state index is 5.87. The van der Waals surface area contributed by atoms with Gasteiger partial charge in [-0.25, -0.2) is 0 Å². The van der Waals surface area contributed by atoms with Crippen LogP contribution in [-0.2, 0) is 11.3 Å². The Balaban J connectivity index is 1.44. The highest BCUT2D eigenvalue weighted by atomic mass is 16.5.